The van der Waals surface area contributed by atoms with Crippen LogP contribution in [0.15, 0.2) is 29.2 Å². The molecule has 0 aliphatic carbocycles. The number of hydrogen-bond donors (Lipinski definition) is 3. The molecule has 0 unspecified atom stereocenters. The van der Waals surface area contributed by atoms with Crippen LogP contribution in [0, 0.1) is 0 Å². The van der Waals surface area contributed by atoms with E-state index in [9.17, 15) is 15.3 Å². The van der Waals surface area contributed by atoms with Crippen molar-refractivity contribution in [1.29, 1.82) is 0 Å². The van der Waals surface area contributed by atoms with Gasteiger partial charge in [0.05, 0.1) is 6.61 Å². The Labute approximate surface area is 108 Å². The number of aliphatic hydroxyl groups is 3. The minimum absolute atomic E-state index is 0.0173. The molecule has 1 aromatic rings. The third kappa shape index (κ3) is 3.13. The van der Waals surface area contributed by atoms with Gasteiger partial charge in [-0.05, 0) is 24.3 Å². The predicted octanol–water partition coefficient (Wildman–Crippen LogP) is 0.871. The predicted molar refractivity (Wildman–Crippen MR) is 65.1 cm³/mol. The zero-order valence-electron chi connectivity index (χ0n) is 8.86. The van der Waals surface area contributed by atoms with Crippen LogP contribution in [-0.2, 0) is 4.74 Å². The molecule has 1 heterocycles. The highest BCUT2D eigenvalue weighted by atomic mass is 35.5. The summed E-state index contributed by atoms with van der Waals surface area (Å²) >= 11 is 7.05. The lowest BCUT2D eigenvalue weighted by molar-refractivity contribution is -0.161. The van der Waals surface area contributed by atoms with E-state index in [0.29, 0.717) is 5.02 Å². The number of hydrogen-bond acceptors (Lipinski definition) is 5. The van der Waals surface area contributed by atoms with Gasteiger partial charge in [0.1, 0.15) is 23.7 Å². The van der Waals surface area contributed by atoms with Crippen molar-refractivity contribution in [2.75, 3.05) is 6.61 Å². The Balaban J connectivity index is 2.01. The summed E-state index contributed by atoms with van der Waals surface area (Å²) in [5.74, 6) is 0. The van der Waals surface area contributed by atoms with Crippen LogP contribution in [0.3, 0.4) is 0 Å². The first kappa shape index (κ1) is 13.1. The van der Waals surface area contributed by atoms with Gasteiger partial charge in [-0.15, -0.1) is 0 Å². The summed E-state index contributed by atoms with van der Waals surface area (Å²) in [6.45, 7) is 0.0173. The highest BCUT2D eigenvalue weighted by Gasteiger charge is 2.37. The van der Waals surface area contributed by atoms with Gasteiger partial charge in [0.15, 0.2) is 0 Å². The Morgan fingerprint density at radius 3 is 2.41 bits per heavy atom. The standard InChI is InChI=1S/C11H13ClO4S/c12-6-1-3-7(4-2-6)17-11-10(15)9(14)8(13)5-16-11/h1-4,8-11,13-15H,5H2/t8-,9+,10-,11+/m1/s1. The van der Waals surface area contributed by atoms with Crippen molar-refractivity contribution in [3.8, 4) is 0 Å². The zero-order valence-corrected chi connectivity index (χ0v) is 10.4. The highest BCUT2D eigenvalue weighted by Crippen LogP contribution is 2.31. The van der Waals surface area contributed by atoms with Crippen LogP contribution >= 0.6 is 23.4 Å². The minimum atomic E-state index is -1.17. The number of benzene rings is 1. The summed E-state index contributed by atoms with van der Waals surface area (Å²) in [5.41, 5.74) is -0.588. The summed E-state index contributed by atoms with van der Waals surface area (Å²) in [6, 6.07) is 7.09. The Hall–Kier alpha value is -0.300. The first-order chi connectivity index (χ1) is 8.08. The van der Waals surface area contributed by atoms with Crippen molar-refractivity contribution in [1.82, 2.24) is 0 Å². The Kier molecular flexibility index (Phi) is 4.30. The Bertz CT molecular complexity index is 372. The monoisotopic (exact) mass is 276 g/mol. The molecule has 1 aliphatic rings. The van der Waals surface area contributed by atoms with Crippen LogP contribution < -0.4 is 0 Å². The van der Waals surface area contributed by atoms with Gasteiger partial charge >= 0.3 is 0 Å². The van der Waals surface area contributed by atoms with Crippen LogP contribution in [0.25, 0.3) is 0 Å². The van der Waals surface area contributed by atoms with Gasteiger partial charge in [-0.1, -0.05) is 23.4 Å². The van der Waals surface area contributed by atoms with E-state index in [2.05, 4.69) is 0 Å². The maximum atomic E-state index is 9.74. The number of rotatable bonds is 2. The summed E-state index contributed by atoms with van der Waals surface area (Å²) in [5, 5.41) is 29.2. The number of ether oxygens (including phenoxy) is 1. The molecule has 6 heteroatoms. The SMILES string of the molecule is O[C@@H]1[C@@H](O)[C@H](Sc2ccc(Cl)cc2)OC[C@H]1O. The molecule has 0 aromatic heterocycles. The van der Waals surface area contributed by atoms with Gasteiger partial charge in [0.25, 0.3) is 0 Å². The molecule has 0 radical (unpaired) electrons. The largest absolute Gasteiger partial charge is 0.388 e. The molecule has 4 nitrogen and oxygen atoms in total. The molecule has 4 atom stereocenters. The lowest BCUT2D eigenvalue weighted by atomic mass is 10.1. The minimum Gasteiger partial charge on any atom is -0.388 e. The Morgan fingerprint density at radius 1 is 1.12 bits per heavy atom. The molecule has 2 rings (SSSR count). The molecule has 3 N–H and O–H groups in total. The fraction of sp³-hybridized carbons (Fsp3) is 0.455. The highest BCUT2D eigenvalue weighted by molar-refractivity contribution is 7.99. The topological polar surface area (TPSA) is 69.9 Å². The van der Waals surface area contributed by atoms with Gasteiger partial charge in [-0.25, -0.2) is 0 Å². The second kappa shape index (κ2) is 5.56. The lowest BCUT2D eigenvalue weighted by Crippen LogP contribution is -2.51. The first-order valence-corrected chi connectivity index (χ1v) is 6.42. The molecule has 1 aromatic carbocycles. The van der Waals surface area contributed by atoms with Gasteiger partial charge in [-0.2, -0.15) is 0 Å². The van der Waals surface area contributed by atoms with Crippen molar-refractivity contribution >= 4 is 23.4 Å². The maximum absolute atomic E-state index is 9.74. The first-order valence-electron chi connectivity index (χ1n) is 5.16. The quantitative estimate of drug-likeness (QED) is 0.748. The normalized spacial score (nSPS) is 33.6. The molecule has 0 amide bonds. The molecule has 0 spiro atoms. The van der Waals surface area contributed by atoms with E-state index in [-0.39, 0.29) is 6.61 Å². The van der Waals surface area contributed by atoms with Gasteiger partial charge in [0.2, 0.25) is 0 Å². The molecule has 1 aliphatic heterocycles. The van der Waals surface area contributed by atoms with Crippen LogP contribution in [0.2, 0.25) is 5.02 Å². The zero-order chi connectivity index (χ0) is 12.4. The van der Waals surface area contributed by atoms with Crippen LogP contribution in [0.5, 0.6) is 0 Å². The Morgan fingerprint density at radius 2 is 1.76 bits per heavy atom. The fourth-order valence-electron chi connectivity index (χ4n) is 1.53. The number of thioether (sulfide) groups is 1. The second-order valence-corrected chi connectivity index (χ2v) is 5.43. The van der Waals surface area contributed by atoms with Gasteiger partial charge in [0, 0.05) is 9.92 Å². The van der Waals surface area contributed by atoms with E-state index in [1.165, 1.54) is 11.8 Å². The van der Waals surface area contributed by atoms with Crippen molar-refractivity contribution in [3.63, 3.8) is 0 Å². The third-order valence-corrected chi connectivity index (χ3v) is 3.96. The second-order valence-electron chi connectivity index (χ2n) is 3.82. The summed E-state index contributed by atoms with van der Waals surface area (Å²) in [4.78, 5) is 0.877. The van der Waals surface area contributed by atoms with Crippen LogP contribution in [0.4, 0.5) is 0 Å². The molecule has 17 heavy (non-hydrogen) atoms. The van der Waals surface area contributed by atoms with Gasteiger partial charge in [-0.3, -0.25) is 0 Å². The summed E-state index contributed by atoms with van der Waals surface area (Å²) in [7, 11) is 0. The van der Waals surface area contributed by atoms with Crippen LogP contribution in [0.1, 0.15) is 0 Å². The van der Waals surface area contributed by atoms with E-state index >= 15 is 0 Å². The lowest BCUT2D eigenvalue weighted by Gasteiger charge is -2.34. The van der Waals surface area contributed by atoms with Crippen molar-refractivity contribution in [2.24, 2.45) is 0 Å². The molecular weight excluding hydrogens is 264 g/mol. The average Bonchev–Trinajstić information content (AvgIpc) is 2.33. The molecule has 1 saturated heterocycles. The van der Waals surface area contributed by atoms with E-state index in [0.717, 1.165) is 4.90 Å². The molecule has 1 fully saturated rings. The van der Waals surface area contributed by atoms with E-state index in [1.807, 2.05) is 0 Å². The fourth-order valence-corrected chi connectivity index (χ4v) is 2.66. The third-order valence-electron chi connectivity index (χ3n) is 2.52. The molecule has 0 saturated carbocycles. The van der Waals surface area contributed by atoms with Crippen molar-refractivity contribution in [3.05, 3.63) is 29.3 Å². The molecule has 0 bridgehead atoms. The van der Waals surface area contributed by atoms with E-state index < -0.39 is 23.7 Å². The number of aliphatic hydroxyl groups excluding tert-OH is 3. The number of halogens is 1. The van der Waals surface area contributed by atoms with Crippen molar-refractivity contribution < 1.29 is 20.1 Å². The average molecular weight is 277 g/mol. The van der Waals surface area contributed by atoms with Gasteiger partial charge < -0.3 is 20.1 Å². The smallest absolute Gasteiger partial charge is 0.136 e. The molecule has 94 valence electrons. The van der Waals surface area contributed by atoms with E-state index in [1.54, 1.807) is 24.3 Å². The van der Waals surface area contributed by atoms with Crippen LogP contribution in [-0.4, -0.2) is 45.7 Å². The van der Waals surface area contributed by atoms with E-state index in [4.69, 9.17) is 16.3 Å². The maximum Gasteiger partial charge on any atom is 0.136 e. The summed E-state index contributed by atoms with van der Waals surface area (Å²) < 4.78 is 5.28. The molecular formula is C11H13ClO4S. The summed E-state index contributed by atoms with van der Waals surface area (Å²) in [6.07, 6.45) is -3.32. The van der Waals surface area contributed by atoms with Crippen molar-refractivity contribution in [2.45, 2.75) is 28.6 Å².